The topological polar surface area (TPSA) is 36.8 Å². The van der Waals surface area contributed by atoms with Crippen LogP contribution < -0.4 is 5.32 Å². The van der Waals surface area contributed by atoms with Gasteiger partial charge in [0.25, 0.3) is 0 Å². The molecule has 24 heavy (non-hydrogen) atoms. The molecule has 3 nitrogen and oxygen atoms in total. The van der Waals surface area contributed by atoms with Gasteiger partial charge >= 0.3 is 0 Å². The Kier molecular flexibility index (Phi) is 3.97. The number of aliphatic imine (C=N–C) groups is 2. The molecule has 0 fully saturated rings. The molecule has 0 atom stereocenters. The molecule has 3 aromatic carbocycles. The largest absolute Gasteiger partial charge is 0.338 e. The van der Waals surface area contributed by atoms with Crippen LogP contribution in [0, 0.1) is 0 Å². The average molecular weight is 376 g/mol. The number of fused-ring (bicyclic) bond motifs is 1. The van der Waals surface area contributed by atoms with Crippen LogP contribution in [0.3, 0.4) is 0 Å². The van der Waals surface area contributed by atoms with Crippen molar-refractivity contribution in [2.75, 3.05) is 5.32 Å². The quantitative estimate of drug-likeness (QED) is 0.639. The molecule has 0 aromatic heterocycles. The lowest BCUT2D eigenvalue weighted by Crippen LogP contribution is -2.14. The van der Waals surface area contributed by atoms with Gasteiger partial charge < -0.3 is 5.32 Å². The lowest BCUT2D eigenvalue weighted by molar-refractivity contribution is 1.46. The van der Waals surface area contributed by atoms with E-state index >= 15 is 0 Å². The van der Waals surface area contributed by atoms with Gasteiger partial charge in [-0.3, -0.25) is 0 Å². The maximum absolute atomic E-state index is 4.80. The second-order valence-corrected chi connectivity index (χ2v) is 6.33. The Bertz CT molecular complexity index is 932. The fourth-order valence-electron chi connectivity index (χ4n) is 2.56. The van der Waals surface area contributed by atoms with Crippen LogP contribution >= 0.6 is 15.9 Å². The number of nitrogens with one attached hydrogen (secondary N) is 1. The van der Waals surface area contributed by atoms with Crippen LogP contribution in [0.4, 0.5) is 11.4 Å². The van der Waals surface area contributed by atoms with Gasteiger partial charge in [-0.2, -0.15) is 0 Å². The average Bonchev–Trinajstić information content (AvgIpc) is 2.82. The van der Waals surface area contributed by atoms with Crippen molar-refractivity contribution in [1.82, 2.24) is 0 Å². The summed E-state index contributed by atoms with van der Waals surface area (Å²) < 4.78 is 1.000. The van der Waals surface area contributed by atoms with E-state index < -0.39 is 0 Å². The van der Waals surface area contributed by atoms with E-state index in [4.69, 9.17) is 9.98 Å². The molecule has 1 aliphatic heterocycles. The molecule has 0 spiro atoms. The van der Waals surface area contributed by atoms with Crippen molar-refractivity contribution in [2.45, 2.75) is 0 Å². The van der Waals surface area contributed by atoms with Crippen molar-refractivity contribution in [3.8, 4) is 0 Å². The lowest BCUT2D eigenvalue weighted by Gasteiger charge is -2.10. The van der Waals surface area contributed by atoms with E-state index in [1.165, 1.54) is 0 Å². The molecule has 3 aromatic rings. The summed E-state index contributed by atoms with van der Waals surface area (Å²) in [5.74, 6) is 1.48. The van der Waals surface area contributed by atoms with Crippen molar-refractivity contribution in [1.29, 1.82) is 0 Å². The normalized spacial score (nSPS) is 13.2. The molecule has 0 aliphatic carbocycles. The molecule has 0 amide bonds. The highest BCUT2D eigenvalue weighted by atomic mass is 79.9. The van der Waals surface area contributed by atoms with Crippen molar-refractivity contribution in [2.24, 2.45) is 9.98 Å². The van der Waals surface area contributed by atoms with E-state index in [0.29, 0.717) is 5.84 Å². The van der Waals surface area contributed by atoms with E-state index in [0.717, 1.165) is 32.8 Å². The monoisotopic (exact) mass is 375 g/mol. The Morgan fingerprint density at radius 3 is 2.08 bits per heavy atom. The van der Waals surface area contributed by atoms with Gasteiger partial charge in [0.1, 0.15) is 5.84 Å². The standard InChI is InChI=1S/C20H14BrN3/c21-16-11-12-17-18(13-16)23-20(15-9-5-2-6-10-15)24-19(22-17)14-7-3-1-4-8-14/h1-13H,(H,22,23,24). The molecule has 0 bridgehead atoms. The Hall–Kier alpha value is -2.72. The molecule has 0 radical (unpaired) electrons. The second-order valence-electron chi connectivity index (χ2n) is 5.41. The molecule has 1 N–H and O–H groups in total. The molecule has 0 unspecified atom stereocenters. The SMILES string of the molecule is Brc1ccc2c(c1)NC(c1ccccc1)=NC(c1ccccc1)=N2. The van der Waals surface area contributed by atoms with Crippen LogP contribution in [0.5, 0.6) is 0 Å². The fraction of sp³-hybridized carbons (Fsp3) is 0. The molecule has 4 rings (SSSR count). The minimum atomic E-state index is 0.697. The summed E-state index contributed by atoms with van der Waals surface area (Å²) in [6.07, 6.45) is 0. The van der Waals surface area contributed by atoms with Crippen molar-refractivity contribution < 1.29 is 0 Å². The number of benzene rings is 3. The van der Waals surface area contributed by atoms with Gasteiger partial charge in [-0.05, 0) is 18.2 Å². The Labute approximate surface area is 148 Å². The fourth-order valence-corrected chi connectivity index (χ4v) is 2.92. The summed E-state index contributed by atoms with van der Waals surface area (Å²) >= 11 is 3.52. The molecule has 0 saturated heterocycles. The first-order chi connectivity index (χ1) is 11.8. The van der Waals surface area contributed by atoms with E-state index in [1.54, 1.807) is 0 Å². The predicted octanol–water partition coefficient (Wildman–Crippen LogP) is 5.40. The minimum Gasteiger partial charge on any atom is -0.338 e. The van der Waals surface area contributed by atoms with E-state index in [-0.39, 0.29) is 0 Å². The maximum atomic E-state index is 4.80. The van der Waals surface area contributed by atoms with Gasteiger partial charge in [0.15, 0.2) is 5.84 Å². The van der Waals surface area contributed by atoms with Crippen LogP contribution in [-0.2, 0) is 0 Å². The second kappa shape index (κ2) is 6.42. The lowest BCUT2D eigenvalue weighted by atomic mass is 10.2. The van der Waals surface area contributed by atoms with Crippen LogP contribution in [-0.4, -0.2) is 11.7 Å². The maximum Gasteiger partial charge on any atom is 0.162 e. The highest BCUT2D eigenvalue weighted by Gasteiger charge is 2.15. The summed E-state index contributed by atoms with van der Waals surface area (Å²) in [6.45, 7) is 0. The molecule has 1 heterocycles. The number of hydrogen-bond donors (Lipinski definition) is 1. The summed E-state index contributed by atoms with van der Waals surface area (Å²) in [5, 5.41) is 3.42. The number of anilines is 1. The molecule has 4 heteroatoms. The van der Waals surface area contributed by atoms with E-state index in [1.807, 2.05) is 78.9 Å². The van der Waals surface area contributed by atoms with Gasteiger partial charge in [-0.25, -0.2) is 9.98 Å². The molecule has 0 saturated carbocycles. The van der Waals surface area contributed by atoms with E-state index in [9.17, 15) is 0 Å². The first kappa shape index (κ1) is 14.8. The Morgan fingerprint density at radius 2 is 1.38 bits per heavy atom. The van der Waals surface area contributed by atoms with Crippen LogP contribution in [0.2, 0.25) is 0 Å². The number of nitrogens with zero attached hydrogens (tertiary/aromatic N) is 2. The van der Waals surface area contributed by atoms with Crippen molar-refractivity contribution >= 4 is 39.0 Å². The molecular weight excluding hydrogens is 362 g/mol. The Balaban J connectivity index is 1.90. The third-order valence-electron chi connectivity index (χ3n) is 3.73. The minimum absolute atomic E-state index is 0.697. The number of rotatable bonds is 2. The third-order valence-corrected chi connectivity index (χ3v) is 4.23. The zero-order valence-electron chi connectivity index (χ0n) is 12.8. The first-order valence-corrected chi connectivity index (χ1v) is 8.44. The zero-order chi connectivity index (χ0) is 16.4. The van der Waals surface area contributed by atoms with Gasteiger partial charge in [0, 0.05) is 15.6 Å². The van der Waals surface area contributed by atoms with Crippen molar-refractivity contribution in [3.63, 3.8) is 0 Å². The number of amidine groups is 2. The summed E-state index contributed by atoms with van der Waals surface area (Å²) in [6, 6.07) is 26.1. The van der Waals surface area contributed by atoms with Gasteiger partial charge in [-0.15, -0.1) is 0 Å². The van der Waals surface area contributed by atoms with E-state index in [2.05, 4.69) is 21.2 Å². The number of halogens is 1. The molecule has 116 valence electrons. The molecular formula is C20H14BrN3. The van der Waals surface area contributed by atoms with Crippen LogP contribution in [0.1, 0.15) is 11.1 Å². The van der Waals surface area contributed by atoms with Gasteiger partial charge in [0.2, 0.25) is 0 Å². The van der Waals surface area contributed by atoms with Crippen LogP contribution in [0.15, 0.2) is 93.3 Å². The Morgan fingerprint density at radius 1 is 0.708 bits per heavy atom. The highest BCUT2D eigenvalue weighted by molar-refractivity contribution is 9.10. The van der Waals surface area contributed by atoms with Gasteiger partial charge in [0.05, 0.1) is 11.4 Å². The smallest absolute Gasteiger partial charge is 0.162 e. The predicted molar refractivity (Wildman–Crippen MR) is 103 cm³/mol. The third kappa shape index (κ3) is 3.01. The summed E-state index contributed by atoms with van der Waals surface area (Å²) in [7, 11) is 0. The van der Waals surface area contributed by atoms with Crippen LogP contribution in [0.25, 0.3) is 0 Å². The highest BCUT2D eigenvalue weighted by Crippen LogP contribution is 2.31. The molecule has 1 aliphatic rings. The number of hydrogen-bond acceptors (Lipinski definition) is 3. The summed E-state index contributed by atoms with van der Waals surface area (Å²) in [5.41, 5.74) is 3.81. The summed E-state index contributed by atoms with van der Waals surface area (Å²) in [4.78, 5) is 9.57. The first-order valence-electron chi connectivity index (χ1n) is 7.64. The zero-order valence-corrected chi connectivity index (χ0v) is 14.4. The van der Waals surface area contributed by atoms with Crippen molar-refractivity contribution in [3.05, 3.63) is 94.5 Å². The van der Waals surface area contributed by atoms with Gasteiger partial charge in [-0.1, -0.05) is 76.6 Å².